The molecule has 0 aliphatic heterocycles. The van der Waals surface area contributed by atoms with Gasteiger partial charge < -0.3 is 4.57 Å². The van der Waals surface area contributed by atoms with Crippen molar-refractivity contribution in [3.05, 3.63) is 34.4 Å². The fraction of sp³-hybridized carbons (Fsp3) is 0.200. The second kappa shape index (κ2) is 2.63. The summed E-state index contributed by atoms with van der Waals surface area (Å²) in [4.78, 5) is 0. The highest BCUT2D eigenvalue weighted by molar-refractivity contribution is 9.10. The summed E-state index contributed by atoms with van der Waals surface area (Å²) >= 11 is 3.53. The van der Waals surface area contributed by atoms with Crippen molar-refractivity contribution in [1.29, 1.82) is 0 Å². The van der Waals surface area contributed by atoms with Crippen molar-refractivity contribution in [3.8, 4) is 0 Å². The Morgan fingerprint density at radius 3 is 2.67 bits per heavy atom. The van der Waals surface area contributed by atoms with Crippen molar-refractivity contribution in [2.75, 3.05) is 0 Å². The Kier molecular flexibility index (Phi) is 1.72. The monoisotopic (exact) mass is 223 g/mol. The Labute approximate surface area is 80.1 Å². The van der Waals surface area contributed by atoms with E-state index in [0.717, 1.165) is 0 Å². The first-order valence-electron chi connectivity index (χ1n) is 3.90. The number of aryl methyl sites for hydroxylation is 2. The number of rotatable bonds is 0. The minimum absolute atomic E-state index is 1.17. The average molecular weight is 224 g/mol. The largest absolute Gasteiger partial charge is 0.350 e. The number of benzene rings is 1. The molecule has 12 heavy (non-hydrogen) atoms. The van der Waals surface area contributed by atoms with Gasteiger partial charge in [0.25, 0.3) is 0 Å². The van der Waals surface area contributed by atoms with Crippen molar-refractivity contribution < 1.29 is 0 Å². The lowest BCUT2D eigenvalue weighted by Crippen LogP contribution is -1.86. The summed E-state index contributed by atoms with van der Waals surface area (Å²) in [6.45, 7) is 2.13. The quantitative estimate of drug-likeness (QED) is 0.647. The summed E-state index contributed by atoms with van der Waals surface area (Å²) in [6.07, 6.45) is 2.09. The molecule has 62 valence electrons. The van der Waals surface area contributed by atoms with Gasteiger partial charge in [0.2, 0.25) is 0 Å². The summed E-state index contributed by atoms with van der Waals surface area (Å²) in [5, 5.41) is 1.29. The van der Waals surface area contributed by atoms with E-state index in [9.17, 15) is 0 Å². The van der Waals surface area contributed by atoms with Crippen LogP contribution >= 0.6 is 15.9 Å². The summed E-state index contributed by atoms with van der Waals surface area (Å²) in [7, 11) is 2.07. The summed E-state index contributed by atoms with van der Waals surface area (Å²) in [5.74, 6) is 0. The Morgan fingerprint density at radius 2 is 2.00 bits per heavy atom. The lowest BCUT2D eigenvalue weighted by atomic mass is 10.2. The fourth-order valence-corrected chi connectivity index (χ4v) is 2.03. The third-order valence-electron chi connectivity index (χ3n) is 2.18. The van der Waals surface area contributed by atoms with Gasteiger partial charge in [-0.05, 0) is 24.6 Å². The lowest BCUT2D eigenvalue weighted by Gasteiger charge is -2.01. The molecule has 0 aliphatic rings. The van der Waals surface area contributed by atoms with Gasteiger partial charge in [-0.2, -0.15) is 0 Å². The number of aromatic nitrogens is 1. The number of fused-ring (bicyclic) bond motifs is 1. The molecule has 0 aliphatic carbocycles. The van der Waals surface area contributed by atoms with Crippen molar-refractivity contribution in [2.24, 2.45) is 7.05 Å². The molecule has 0 fully saturated rings. The predicted octanol–water partition coefficient (Wildman–Crippen LogP) is 3.25. The molecule has 1 heterocycles. The third kappa shape index (κ3) is 0.985. The van der Waals surface area contributed by atoms with E-state index in [2.05, 4.69) is 58.9 Å². The molecular formula is C10H10BrN. The highest BCUT2D eigenvalue weighted by Crippen LogP contribution is 2.26. The van der Waals surface area contributed by atoms with Crippen LogP contribution in [0, 0.1) is 6.92 Å². The normalized spacial score (nSPS) is 10.9. The maximum atomic E-state index is 3.53. The van der Waals surface area contributed by atoms with Crippen LogP contribution in [0.4, 0.5) is 0 Å². The Morgan fingerprint density at radius 1 is 1.25 bits per heavy atom. The van der Waals surface area contributed by atoms with E-state index < -0.39 is 0 Å². The van der Waals surface area contributed by atoms with Gasteiger partial charge in [0.1, 0.15) is 0 Å². The highest BCUT2D eigenvalue weighted by Gasteiger charge is 2.03. The first kappa shape index (κ1) is 7.87. The molecule has 1 nitrogen and oxygen atoms in total. The summed E-state index contributed by atoms with van der Waals surface area (Å²) in [6, 6.07) is 6.36. The van der Waals surface area contributed by atoms with E-state index in [1.807, 2.05) is 0 Å². The van der Waals surface area contributed by atoms with Gasteiger partial charge in [0.05, 0.1) is 5.52 Å². The van der Waals surface area contributed by atoms with E-state index in [4.69, 9.17) is 0 Å². The molecule has 2 aromatic rings. The van der Waals surface area contributed by atoms with E-state index in [0.29, 0.717) is 0 Å². The van der Waals surface area contributed by atoms with Crippen LogP contribution in [0.3, 0.4) is 0 Å². The number of nitrogens with zero attached hydrogens (tertiary/aromatic N) is 1. The number of hydrogen-bond acceptors (Lipinski definition) is 0. The SMILES string of the molecule is Cc1ccc(Br)c2ccn(C)c12. The molecular weight excluding hydrogens is 214 g/mol. The topological polar surface area (TPSA) is 4.93 Å². The molecule has 0 N–H and O–H groups in total. The van der Waals surface area contributed by atoms with Gasteiger partial charge in [-0.3, -0.25) is 0 Å². The Balaban J connectivity index is 2.98. The molecule has 0 atom stereocenters. The van der Waals surface area contributed by atoms with Gasteiger partial charge in [-0.1, -0.05) is 22.0 Å². The van der Waals surface area contributed by atoms with E-state index in [-0.39, 0.29) is 0 Å². The van der Waals surface area contributed by atoms with E-state index >= 15 is 0 Å². The van der Waals surface area contributed by atoms with Crippen molar-refractivity contribution in [2.45, 2.75) is 6.92 Å². The molecule has 1 aromatic heterocycles. The molecule has 0 amide bonds. The van der Waals surface area contributed by atoms with Crippen LogP contribution in [0.25, 0.3) is 10.9 Å². The second-order valence-corrected chi connectivity index (χ2v) is 3.91. The zero-order valence-electron chi connectivity index (χ0n) is 7.13. The third-order valence-corrected chi connectivity index (χ3v) is 2.87. The maximum Gasteiger partial charge on any atom is 0.0518 e. The van der Waals surface area contributed by atoms with Crippen LogP contribution in [-0.4, -0.2) is 4.57 Å². The maximum absolute atomic E-state index is 3.53. The van der Waals surface area contributed by atoms with Crippen LogP contribution in [0.1, 0.15) is 5.56 Å². The number of hydrogen-bond donors (Lipinski definition) is 0. The minimum Gasteiger partial charge on any atom is -0.350 e. The summed E-state index contributed by atoms with van der Waals surface area (Å²) < 4.78 is 3.32. The standard InChI is InChI=1S/C10H10BrN/c1-7-3-4-9(11)8-5-6-12(2)10(7)8/h3-6H,1-2H3. The Bertz CT molecular complexity index is 429. The predicted molar refractivity (Wildman–Crippen MR) is 55.4 cm³/mol. The first-order chi connectivity index (χ1) is 5.70. The molecule has 0 saturated heterocycles. The van der Waals surface area contributed by atoms with Crippen LogP contribution in [0.15, 0.2) is 28.9 Å². The zero-order valence-corrected chi connectivity index (χ0v) is 8.72. The molecule has 2 rings (SSSR count). The van der Waals surface area contributed by atoms with E-state index in [1.54, 1.807) is 0 Å². The number of halogens is 1. The van der Waals surface area contributed by atoms with Gasteiger partial charge in [-0.15, -0.1) is 0 Å². The molecule has 0 unspecified atom stereocenters. The van der Waals surface area contributed by atoms with Gasteiger partial charge in [-0.25, -0.2) is 0 Å². The lowest BCUT2D eigenvalue weighted by molar-refractivity contribution is 0.964. The molecule has 0 saturated carbocycles. The van der Waals surface area contributed by atoms with Crippen molar-refractivity contribution in [3.63, 3.8) is 0 Å². The zero-order chi connectivity index (χ0) is 8.72. The first-order valence-corrected chi connectivity index (χ1v) is 4.69. The fourth-order valence-electron chi connectivity index (χ4n) is 1.58. The van der Waals surface area contributed by atoms with Crippen molar-refractivity contribution >= 4 is 26.8 Å². The van der Waals surface area contributed by atoms with Gasteiger partial charge in [0.15, 0.2) is 0 Å². The Hall–Kier alpha value is -0.760. The minimum atomic E-state index is 1.17. The molecule has 0 spiro atoms. The van der Waals surface area contributed by atoms with Crippen LogP contribution in [0.2, 0.25) is 0 Å². The van der Waals surface area contributed by atoms with Crippen LogP contribution in [0.5, 0.6) is 0 Å². The molecule has 0 radical (unpaired) electrons. The second-order valence-electron chi connectivity index (χ2n) is 3.05. The van der Waals surface area contributed by atoms with Crippen molar-refractivity contribution in [1.82, 2.24) is 4.57 Å². The van der Waals surface area contributed by atoms with Crippen LogP contribution < -0.4 is 0 Å². The highest BCUT2D eigenvalue weighted by atomic mass is 79.9. The van der Waals surface area contributed by atoms with Gasteiger partial charge >= 0.3 is 0 Å². The average Bonchev–Trinajstić information content (AvgIpc) is 2.42. The molecule has 2 heteroatoms. The smallest absolute Gasteiger partial charge is 0.0518 e. The van der Waals surface area contributed by atoms with E-state index in [1.165, 1.54) is 20.9 Å². The van der Waals surface area contributed by atoms with Gasteiger partial charge in [0, 0.05) is 23.1 Å². The molecule has 0 bridgehead atoms. The summed E-state index contributed by atoms with van der Waals surface area (Å²) in [5.41, 5.74) is 2.63. The molecule has 1 aromatic carbocycles. The van der Waals surface area contributed by atoms with Crippen LogP contribution in [-0.2, 0) is 7.05 Å².